The summed E-state index contributed by atoms with van der Waals surface area (Å²) < 4.78 is 4.79. The van der Waals surface area contributed by atoms with E-state index in [0.29, 0.717) is 24.3 Å². The van der Waals surface area contributed by atoms with Gasteiger partial charge in [-0.3, -0.25) is 14.4 Å². The summed E-state index contributed by atoms with van der Waals surface area (Å²) in [7, 11) is 2.03. The lowest BCUT2D eigenvalue weighted by molar-refractivity contribution is -0.144. The van der Waals surface area contributed by atoms with Crippen molar-refractivity contribution in [1.82, 2.24) is 15.1 Å². The summed E-state index contributed by atoms with van der Waals surface area (Å²) in [6.07, 6.45) is -0.0384. The van der Waals surface area contributed by atoms with Gasteiger partial charge in [0.1, 0.15) is 0 Å². The van der Waals surface area contributed by atoms with Crippen LogP contribution in [0.4, 0.5) is 5.69 Å². The fourth-order valence-corrected chi connectivity index (χ4v) is 2.97. The number of carbonyl (C=O) groups excluding carboxylic acids is 3. The predicted octanol–water partition coefficient (Wildman–Crippen LogP) is 1.23. The summed E-state index contributed by atoms with van der Waals surface area (Å²) in [4.78, 5) is 40.1. The predicted molar refractivity (Wildman–Crippen MR) is 110 cm³/mol. The van der Waals surface area contributed by atoms with Crippen LogP contribution in [0.25, 0.3) is 0 Å². The van der Waals surface area contributed by atoms with Gasteiger partial charge in [-0.1, -0.05) is 12.1 Å². The molecule has 0 unspecified atom stereocenters. The molecule has 2 amide bonds. The third kappa shape index (κ3) is 6.58. The summed E-state index contributed by atoms with van der Waals surface area (Å²) >= 11 is 5.17. The third-order valence-corrected chi connectivity index (χ3v) is 4.51. The van der Waals surface area contributed by atoms with Gasteiger partial charge in [0.25, 0.3) is 5.91 Å². The number of rotatable bonds is 6. The number of carbonyl (C=O) groups is 3. The number of ether oxygens (including phenoxy) is 1. The fraction of sp³-hybridized carbons (Fsp3) is 0.474. The Labute approximate surface area is 170 Å². The summed E-state index contributed by atoms with van der Waals surface area (Å²) in [5, 5.41) is 5.50. The number of esters is 1. The molecule has 1 aliphatic rings. The number of amides is 2. The molecular weight excluding hydrogens is 380 g/mol. The largest absolute Gasteiger partial charge is 0.466 e. The van der Waals surface area contributed by atoms with E-state index >= 15 is 0 Å². The van der Waals surface area contributed by atoms with Crippen LogP contribution in [-0.4, -0.2) is 72.5 Å². The van der Waals surface area contributed by atoms with Crippen LogP contribution in [-0.2, 0) is 14.3 Å². The molecule has 1 heterocycles. The van der Waals surface area contributed by atoms with Crippen LogP contribution in [0.5, 0.6) is 0 Å². The average molecular weight is 407 g/mol. The van der Waals surface area contributed by atoms with E-state index in [1.54, 1.807) is 31.2 Å². The first kappa shape index (κ1) is 21.8. The maximum Gasteiger partial charge on any atom is 0.306 e. The Hall–Kier alpha value is -2.52. The van der Waals surface area contributed by atoms with Crippen molar-refractivity contribution in [3.63, 3.8) is 0 Å². The number of hydrogen-bond acceptors (Lipinski definition) is 6. The van der Waals surface area contributed by atoms with Gasteiger partial charge in [0.2, 0.25) is 5.91 Å². The minimum Gasteiger partial charge on any atom is -0.466 e. The second kappa shape index (κ2) is 10.7. The normalized spacial score (nSPS) is 14.3. The van der Waals surface area contributed by atoms with Crippen molar-refractivity contribution in [2.45, 2.75) is 19.8 Å². The Morgan fingerprint density at radius 2 is 1.79 bits per heavy atom. The number of benzene rings is 1. The highest BCUT2D eigenvalue weighted by atomic mass is 32.1. The summed E-state index contributed by atoms with van der Waals surface area (Å²) in [5.74, 6) is -0.902. The molecule has 1 aromatic rings. The number of hydrogen-bond donors (Lipinski definition) is 2. The second-order valence-corrected chi connectivity index (χ2v) is 6.86. The number of piperazine rings is 1. The zero-order valence-corrected chi connectivity index (χ0v) is 17.0. The van der Waals surface area contributed by atoms with Crippen LogP contribution < -0.4 is 10.6 Å². The molecule has 0 radical (unpaired) electrons. The summed E-state index contributed by atoms with van der Waals surface area (Å²) in [6.45, 7) is 4.97. The molecule has 1 aromatic carbocycles. The molecule has 0 bridgehead atoms. The van der Waals surface area contributed by atoms with Gasteiger partial charge in [-0.05, 0) is 38.3 Å². The van der Waals surface area contributed by atoms with Gasteiger partial charge in [0.15, 0.2) is 5.11 Å². The summed E-state index contributed by atoms with van der Waals surface area (Å²) in [5.41, 5.74) is 1.03. The Bertz CT molecular complexity index is 732. The lowest BCUT2D eigenvalue weighted by Crippen LogP contribution is -2.47. The van der Waals surface area contributed by atoms with Crippen molar-refractivity contribution in [2.24, 2.45) is 0 Å². The van der Waals surface area contributed by atoms with Crippen LogP contribution in [0.1, 0.15) is 30.1 Å². The number of anilines is 1. The van der Waals surface area contributed by atoms with Gasteiger partial charge in [0.05, 0.1) is 24.3 Å². The number of likely N-dealkylation sites (N-methyl/N-ethyl adjacent to an activating group) is 1. The number of nitrogens with zero attached hydrogens (tertiary/aromatic N) is 2. The van der Waals surface area contributed by atoms with Crippen molar-refractivity contribution in [3.05, 3.63) is 29.8 Å². The van der Waals surface area contributed by atoms with E-state index in [0.717, 1.165) is 13.1 Å². The van der Waals surface area contributed by atoms with E-state index in [1.807, 2.05) is 11.9 Å². The van der Waals surface area contributed by atoms with Crippen molar-refractivity contribution in [3.8, 4) is 0 Å². The average Bonchev–Trinajstić information content (AvgIpc) is 2.67. The Morgan fingerprint density at radius 3 is 2.46 bits per heavy atom. The zero-order chi connectivity index (χ0) is 20.5. The van der Waals surface area contributed by atoms with E-state index < -0.39 is 11.9 Å². The highest BCUT2D eigenvalue weighted by molar-refractivity contribution is 7.80. The molecule has 1 fully saturated rings. The maximum atomic E-state index is 12.9. The molecule has 9 heteroatoms. The topological polar surface area (TPSA) is 91.0 Å². The lowest BCUT2D eigenvalue weighted by Gasteiger charge is -2.32. The van der Waals surface area contributed by atoms with Gasteiger partial charge < -0.3 is 25.2 Å². The Balaban J connectivity index is 1.93. The number of nitrogens with one attached hydrogen (secondary N) is 2. The summed E-state index contributed by atoms with van der Waals surface area (Å²) in [6, 6.07) is 7.04. The Morgan fingerprint density at radius 1 is 1.11 bits per heavy atom. The number of para-hydroxylation sites is 1. The first-order chi connectivity index (χ1) is 13.4. The van der Waals surface area contributed by atoms with Crippen molar-refractivity contribution in [2.75, 3.05) is 45.2 Å². The molecule has 0 spiro atoms. The molecule has 152 valence electrons. The molecule has 0 saturated carbocycles. The van der Waals surface area contributed by atoms with E-state index in [1.165, 1.54) is 0 Å². The van der Waals surface area contributed by atoms with E-state index in [-0.39, 0.29) is 30.5 Å². The SMILES string of the molecule is CCOC(=O)CCC(=O)NC(=S)Nc1ccccc1C(=O)N1CCN(C)CC1. The highest BCUT2D eigenvalue weighted by Crippen LogP contribution is 2.18. The molecule has 1 saturated heterocycles. The van der Waals surface area contributed by atoms with Crippen LogP contribution in [0, 0.1) is 0 Å². The van der Waals surface area contributed by atoms with Crippen LogP contribution in [0.2, 0.25) is 0 Å². The van der Waals surface area contributed by atoms with Gasteiger partial charge in [-0.2, -0.15) is 0 Å². The first-order valence-corrected chi connectivity index (χ1v) is 9.64. The van der Waals surface area contributed by atoms with E-state index in [9.17, 15) is 14.4 Å². The molecule has 2 rings (SSSR count). The van der Waals surface area contributed by atoms with Crippen molar-refractivity contribution >= 4 is 40.8 Å². The fourth-order valence-electron chi connectivity index (χ4n) is 2.75. The Kier molecular flexibility index (Phi) is 8.34. The molecular formula is C19H26N4O4S. The van der Waals surface area contributed by atoms with Crippen LogP contribution in [0.3, 0.4) is 0 Å². The van der Waals surface area contributed by atoms with Crippen molar-refractivity contribution < 1.29 is 19.1 Å². The molecule has 8 nitrogen and oxygen atoms in total. The van der Waals surface area contributed by atoms with Crippen LogP contribution in [0.15, 0.2) is 24.3 Å². The molecule has 0 aromatic heterocycles. The monoisotopic (exact) mass is 406 g/mol. The minimum atomic E-state index is -0.431. The molecule has 2 N–H and O–H groups in total. The molecule has 0 atom stereocenters. The van der Waals surface area contributed by atoms with Gasteiger partial charge in [-0.25, -0.2) is 0 Å². The first-order valence-electron chi connectivity index (χ1n) is 9.24. The minimum absolute atomic E-state index is 0.0131. The third-order valence-electron chi connectivity index (χ3n) is 4.31. The van der Waals surface area contributed by atoms with Gasteiger partial charge in [-0.15, -0.1) is 0 Å². The van der Waals surface area contributed by atoms with Crippen molar-refractivity contribution in [1.29, 1.82) is 0 Å². The van der Waals surface area contributed by atoms with E-state index in [2.05, 4.69) is 15.5 Å². The quantitative estimate of drug-likeness (QED) is 0.542. The highest BCUT2D eigenvalue weighted by Gasteiger charge is 2.22. The molecule has 0 aliphatic carbocycles. The number of thiocarbonyl (C=S) groups is 1. The van der Waals surface area contributed by atoms with Gasteiger partial charge in [0, 0.05) is 32.6 Å². The molecule has 28 heavy (non-hydrogen) atoms. The lowest BCUT2D eigenvalue weighted by atomic mass is 10.1. The van der Waals surface area contributed by atoms with Crippen LogP contribution >= 0.6 is 12.2 Å². The van der Waals surface area contributed by atoms with E-state index in [4.69, 9.17) is 17.0 Å². The smallest absolute Gasteiger partial charge is 0.306 e. The van der Waals surface area contributed by atoms with Gasteiger partial charge >= 0.3 is 5.97 Å². The second-order valence-electron chi connectivity index (χ2n) is 6.45. The zero-order valence-electron chi connectivity index (χ0n) is 16.2. The standard InChI is InChI=1S/C19H26N4O4S/c1-3-27-17(25)9-8-16(24)21-19(28)20-15-7-5-4-6-14(15)18(26)23-12-10-22(2)11-13-23/h4-7H,3,8-13H2,1-2H3,(H2,20,21,24,28). The maximum absolute atomic E-state index is 12.9. The molecule has 1 aliphatic heterocycles.